The van der Waals surface area contributed by atoms with Crippen LogP contribution in [0.3, 0.4) is 0 Å². The molecule has 1 aliphatic rings. The van der Waals surface area contributed by atoms with E-state index in [2.05, 4.69) is 50.8 Å². The first-order valence-corrected chi connectivity index (χ1v) is 15.5. The first kappa shape index (κ1) is 32.5. The summed E-state index contributed by atoms with van der Waals surface area (Å²) in [6, 6.07) is 16.9. The quantitative estimate of drug-likeness (QED) is 0.158. The Bertz CT molecular complexity index is 1090. The zero-order valence-corrected chi connectivity index (χ0v) is 25.8. The van der Waals surface area contributed by atoms with E-state index in [4.69, 9.17) is 9.47 Å². The van der Waals surface area contributed by atoms with Gasteiger partial charge in [-0.25, -0.2) is 15.0 Å². The molecular weight excluding hydrogens is 514 g/mol. The molecule has 1 saturated carbocycles. The number of nitrogens with one attached hydrogen (secondary N) is 3. The van der Waals surface area contributed by atoms with Gasteiger partial charge in [0.1, 0.15) is 11.5 Å². The Labute approximate surface area is 247 Å². The molecule has 2 aromatic carbocycles. The zero-order chi connectivity index (χ0) is 29.7. The van der Waals surface area contributed by atoms with Crippen molar-refractivity contribution in [3.05, 3.63) is 60.2 Å². The molecule has 41 heavy (non-hydrogen) atoms. The molecule has 7 nitrogen and oxygen atoms in total. The predicted octanol–water partition coefficient (Wildman–Crippen LogP) is 8.33. The van der Waals surface area contributed by atoms with E-state index in [0.29, 0.717) is 11.5 Å². The molecule has 0 saturated heterocycles. The lowest BCUT2D eigenvalue weighted by Crippen LogP contribution is -2.57. The fraction of sp³-hybridized carbons (Fsp3) is 0.588. The van der Waals surface area contributed by atoms with Gasteiger partial charge < -0.3 is 14.8 Å². The lowest BCUT2D eigenvalue weighted by atomic mass is 9.59. The summed E-state index contributed by atoms with van der Waals surface area (Å²) in [7, 11) is 0. The number of aryl methyl sites for hydroxylation is 1. The van der Waals surface area contributed by atoms with Crippen LogP contribution in [0.4, 0.5) is 9.59 Å². The number of ether oxygens (including phenoxy) is 2. The number of unbranched alkanes of at least 4 members (excludes halogenated alkanes) is 4. The lowest BCUT2D eigenvalue weighted by molar-refractivity contribution is 0.0321. The minimum atomic E-state index is -0.512. The molecule has 0 bridgehead atoms. The average Bonchev–Trinajstić information content (AvgIpc) is 2.92. The smallest absolute Gasteiger partial charge is 0.410 e. The predicted molar refractivity (Wildman–Crippen MR) is 165 cm³/mol. The van der Waals surface area contributed by atoms with Crippen LogP contribution in [0.25, 0.3) is 0 Å². The first-order valence-electron chi connectivity index (χ1n) is 15.5. The van der Waals surface area contributed by atoms with E-state index in [0.717, 1.165) is 76.2 Å². The molecule has 0 spiro atoms. The van der Waals surface area contributed by atoms with Crippen LogP contribution >= 0.6 is 0 Å². The summed E-state index contributed by atoms with van der Waals surface area (Å²) in [6.45, 7) is 11.1. The largest absolute Gasteiger partial charge is 0.427 e. The molecule has 3 unspecified atom stereocenters. The Hall–Kier alpha value is -3.06. The molecular formula is C34H51N3O4. The van der Waals surface area contributed by atoms with Gasteiger partial charge in [-0.15, -0.1) is 0 Å². The van der Waals surface area contributed by atoms with Gasteiger partial charge in [0.15, 0.2) is 0 Å². The third kappa shape index (κ3) is 10.7. The van der Waals surface area contributed by atoms with Gasteiger partial charge in [-0.2, -0.15) is 0 Å². The Balaban J connectivity index is 1.65. The molecule has 3 atom stereocenters. The molecule has 1 aliphatic carbocycles. The summed E-state index contributed by atoms with van der Waals surface area (Å²) in [5.74, 6) is 1.13. The van der Waals surface area contributed by atoms with Gasteiger partial charge in [-0.05, 0) is 73.1 Å². The number of carbonyl (C=O) groups is 2. The van der Waals surface area contributed by atoms with E-state index in [1.807, 2.05) is 42.5 Å². The van der Waals surface area contributed by atoms with Crippen molar-refractivity contribution in [1.82, 2.24) is 16.2 Å². The van der Waals surface area contributed by atoms with Gasteiger partial charge in [0.25, 0.3) is 0 Å². The molecule has 0 aliphatic heterocycles. The van der Waals surface area contributed by atoms with Gasteiger partial charge in [0, 0.05) is 12.1 Å². The van der Waals surface area contributed by atoms with Crippen LogP contribution in [0.15, 0.2) is 54.6 Å². The van der Waals surface area contributed by atoms with Crippen LogP contribution in [0, 0.1) is 10.8 Å². The highest BCUT2D eigenvalue weighted by atomic mass is 16.6. The normalized spacial score (nSPS) is 20.6. The molecule has 0 radical (unpaired) electrons. The van der Waals surface area contributed by atoms with Crippen molar-refractivity contribution in [2.75, 3.05) is 0 Å². The van der Waals surface area contributed by atoms with Crippen molar-refractivity contribution in [3.63, 3.8) is 0 Å². The van der Waals surface area contributed by atoms with Crippen molar-refractivity contribution >= 4 is 12.2 Å². The molecule has 1 fully saturated rings. The van der Waals surface area contributed by atoms with Crippen molar-refractivity contribution in [3.8, 4) is 11.5 Å². The molecule has 226 valence electrons. The van der Waals surface area contributed by atoms with E-state index in [1.165, 1.54) is 0 Å². The van der Waals surface area contributed by atoms with Gasteiger partial charge in [-0.3, -0.25) is 5.43 Å². The van der Waals surface area contributed by atoms with Crippen molar-refractivity contribution in [1.29, 1.82) is 0 Å². The highest BCUT2D eigenvalue weighted by Gasteiger charge is 2.46. The second kappa shape index (κ2) is 15.8. The van der Waals surface area contributed by atoms with E-state index in [-0.39, 0.29) is 22.9 Å². The molecule has 2 aromatic rings. The van der Waals surface area contributed by atoms with E-state index in [9.17, 15) is 9.59 Å². The van der Waals surface area contributed by atoms with Crippen molar-refractivity contribution in [2.45, 2.75) is 117 Å². The van der Waals surface area contributed by atoms with Gasteiger partial charge in [0.2, 0.25) is 0 Å². The Kier molecular flexibility index (Phi) is 12.5. The van der Waals surface area contributed by atoms with Gasteiger partial charge in [-0.1, -0.05) is 103 Å². The molecule has 3 N–H and O–H groups in total. The number of hydrogen-bond acceptors (Lipinski definition) is 5. The average molecular weight is 566 g/mol. The van der Waals surface area contributed by atoms with Crippen molar-refractivity contribution < 1.29 is 19.1 Å². The number of para-hydroxylation sites is 2. The molecule has 7 heteroatoms. The summed E-state index contributed by atoms with van der Waals surface area (Å²) in [5, 5.41) is 3.22. The maximum Gasteiger partial charge on any atom is 0.427 e. The molecule has 0 aromatic heterocycles. The fourth-order valence-corrected chi connectivity index (χ4v) is 6.53. The SMILES string of the molecule is CCCCCc1ccccc1OC(=O)NNC1CC(C)(C)CC(C)(C(CCCCC)NC(=O)Oc2ccccc2)C1. The maximum absolute atomic E-state index is 13.0. The number of rotatable bonds is 14. The Morgan fingerprint density at radius 3 is 2.27 bits per heavy atom. The van der Waals surface area contributed by atoms with Crippen LogP contribution in [0.2, 0.25) is 0 Å². The minimum Gasteiger partial charge on any atom is -0.410 e. The molecule has 0 heterocycles. The standard InChI is InChI=1S/C34H51N3O4/c1-6-8-11-17-26-18-15-16-21-29(26)41-32(39)37-36-27-23-33(3,4)25-34(5,24-27)30(22-12-9-7-2)35-31(38)40-28-19-13-10-14-20-28/h10,13-16,18-21,27,30,36H,6-9,11-12,17,22-25H2,1-5H3,(H,35,38)(H,37,39). The number of carbonyl (C=O) groups excluding carboxylic acids is 2. The Morgan fingerprint density at radius 2 is 1.54 bits per heavy atom. The van der Waals surface area contributed by atoms with Gasteiger partial charge >= 0.3 is 12.2 Å². The second-order valence-electron chi connectivity index (χ2n) is 12.7. The zero-order valence-electron chi connectivity index (χ0n) is 25.8. The Morgan fingerprint density at radius 1 is 0.854 bits per heavy atom. The maximum atomic E-state index is 13.0. The lowest BCUT2D eigenvalue weighted by Gasteiger charge is -2.50. The number of benzene rings is 2. The van der Waals surface area contributed by atoms with E-state index in [1.54, 1.807) is 12.1 Å². The van der Waals surface area contributed by atoms with Crippen molar-refractivity contribution in [2.24, 2.45) is 10.8 Å². The number of hydrazine groups is 1. The number of hydrogen-bond donors (Lipinski definition) is 3. The monoisotopic (exact) mass is 565 g/mol. The summed E-state index contributed by atoms with van der Waals surface area (Å²) in [6.07, 6.45) is 10.1. The van der Waals surface area contributed by atoms with Gasteiger partial charge in [0.05, 0.1) is 0 Å². The van der Waals surface area contributed by atoms with Crippen LogP contribution in [0.1, 0.15) is 104 Å². The van der Waals surface area contributed by atoms with E-state index < -0.39 is 12.2 Å². The topological polar surface area (TPSA) is 88.7 Å². The third-order valence-corrected chi connectivity index (χ3v) is 8.18. The van der Waals surface area contributed by atoms with Crippen LogP contribution in [-0.4, -0.2) is 24.3 Å². The van der Waals surface area contributed by atoms with Crippen LogP contribution < -0.4 is 25.6 Å². The highest BCUT2D eigenvalue weighted by Crippen LogP contribution is 2.49. The minimum absolute atomic E-state index is 0.0101. The van der Waals surface area contributed by atoms with Crippen LogP contribution in [0.5, 0.6) is 11.5 Å². The van der Waals surface area contributed by atoms with E-state index >= 15 is 0 Å². The third-order valence-electron chi connectivity index (χ3n) is 8.18. The van der Waals surface area contributed by atoms with Crippen LogP contribution in [-0.2, 0) is 6.42 Å². The summed E-state index contributed by atoms with van der Waals surface area (Å²) in [4.78, 5) is 25.8. The fourth-order valence-electron chi connectivity index (χ4n) is 6.53. The second-order valence-corrected chi connectivity index (χ2v) is 12.7. The molecule has 2 amide bonds. The summed E-state index contributed by atoms with van der Waals surface area (Å²) >= 11 is 0. The summed E-state index contributed by atoms with van der Waals surface area (Å²) < 4.78 is 11.3. The number of amides is 2. The summed E-state index contributed by atoms with van der Waals surface area (Å²) in [5.41, 5.74) is 6.95. The first-order chi connectivity index (χ1) is 19.6. The molecule has 3 rings (SSSR count). The highest BCUT2D eigenvalue weighted by molar-refractivity contribution is 5.71.